The lowest BCUT2D eigenvalue weighted by Gasteiger charge is -2.06. The summed E-state index contributed by atoms with van der Waals surface area (Å²) in [5.74, 6) is -0.513. The van der Waals surface area contributed by atoms with E-state index >= 15 is 0 Å². The van der Waals surface area contributed by atoms with E-state index in [-0.39, 0.29) is 12.5 Å². The lowest BCUT2D eigenvalue weighted by Crippen LogP contribution is -2.20. The molecule has 1 heterocycles. The molecule has 28 heavy (non-hydrogen) atoms. The number of thioether (sulfide) groups is 1. The highest BCUT2D eigenvalue weighted by atomic mass is 35.5. The van der Waals surface area contributed by atoms with Crippen molar-refractivity contribution in [2.24, 2.45) is 10.7 Å². The van der Waals surface area contributed by atoms with Crippen molar-refractivity contribution in [1.29, 1.82) is 0 Å². The Morgan fingerprint density at radius 2 is 2.07 bits per heavy atom. The summed E-state index contributed by atoms with van der Waals surface area (Å²) >= 11 is 13.4. The highest BCUT2D eigenvalue weighted by molar-refractivity contribution is 8.18. The van der Waals surface area contributed by atoms with E-state index < -0.39 is 5.91 Å². The number of hydrogen-bond donors (Lipinski definition) is 2. The molecule has 0 bridgehead atoms. The average Bonchev–Trinajstić information content (AvgIpc) is 2.96. The van der Waals surface area contributed by atoms with Crippen LogP contribution in [0.2, 0.25) is 10.0 Å². The second-order valence-corrected chi connectivity index (χ2v) is 7.73. The van der Waals surface area contributed by atoms with Crippen LogP contribution in [0.1, 0.15) is 11.1 Å². The number of primary amides is 1. The first-order valence-corrected chi connectivity index (χ1v) is 9.65. The fourth-order valence-corrected chi connectivity index (χ4v) is 3.56. The molecule has 0 aromatic heterocycles. The number of benzene rings is 2. The molecule has 9 heteroatoms. The van der Waals surface area contributed by atoms with Crippen LogP contribution in [0.15, 0.2) is 46.3 Å². The minimum Gasteiger partial charge on any atom is -0.482 e. The third-order valence-corrected chi connectivity index (χ3v) is 5.11. The van der Waals surface area contributed by atoms with Crippen LogP contribution < -0.4 is 15.8 Å². The van der Waals surface area contributed by atoms with Gasteiger partial charge < -0.3 is 15.8 Å². The summed E-state index contributed by atoms with van der Waals surface area (Å²) in [6.45, 7) is 1.65. The molecule has 0 aliphatic carbocycles. The van der Waals surface area contributed by atoms with E-state index in [2.05, 4.69) is 10.3 Å². The Balaban J connectivity index is 1.79. The molecule has 0 atom stereocenters. The van der Waals surface area contributed by atoms with Gasteiger partial charge in [0, 0.05) is 5.02 Å². The van der Waals surface area contributed by atoms with Gasteiger partial charge in [-0.1, -0.05) is 35.3 Å². The highest BCUT2D eigenvalue weighted by Gasteiger charge is 2.24. The van der Waals surface area contributed by atoms with Gasteiger partial charge in [-0.2, -0.15) is 0 Å². The normalized spacial score (nSPS) is 16.5. The van der Waals surface area contributed by atoms with Gasteiger partial charge in [-0.3, -0.25) is 9.59 Å². The van der Waals surface area contributed by atoms with E-state index in [1.165, 1.54) is 11.8 Å². The molecule has 0 saturated carbocycles. The lowest BCUT2D eigenvalue weighted by atomic mass is 10.2. The maximum Gasteiger partial charge on any atom is 0.264 e. The molecule has 1 fully saturated rings. The molecule has 1 aliphatic rings. The van der Waals surface area contributed by atoms with Crippen molar-refractivity contribution >= 4 is 63.7 Å². The monoisotopic (exact) mass is 435 g/mol. The second kappa shape index (κ2) is 8.68. The number of aryl methyl sites for hydroxylation is 1. The number of amides is 2. The number of amidine groups is 1. The quantitative estimate of drug-likeness (QED) is 0.692. The van der Waals surface area contributed by atoms with E-state index in [0.717, 1.165) is 5.56 Å². The van der Waals surface area contributed by atoms with Crippen molar-refractivity contribution in [2.75, 3.05) is 6.61 Å². The second-order valence-electron chi connectivity index (χ2n) is 5.86. The summed E-state index contributed by atoms with van der Waals surface area (Å²) in [6.07, 6.45) is 1.69. The number of hydrogen-bond acceptors (Lipinski definition) is 5. The van der Waals surface area contributed by atoms with Crippen molar-refractivity contribution < 1.29 is 14.3 Å². The standard InChI is InChI=1S/C19H15Cl2N3O3S/c1-10-2-4-12(20)8-14(10)23-19-24-18(26)16(28-19)7-11-3-5-15(13(21)6-11)27-9-17(22)25/h2-8H,9H2,1H3,(H2,22,25)(H,23,24,26). The maximum atomic E-state index is 12.2. The van der Waals surface area contributed by atoms with Crippen molar-refractivity contribution in [1.82, 2.24) is 5.32 Å². The molecule has 2 aromatic carbocycles. The van der Waals surface area contributed by atoms with Crippen LogP contribution in [0.4, 0.5) is 5.69 Å². The fraction of sp³-hybridized carbons (Fsp3) is 0.105. The van der Waals surface area contributed by atoms with Gasteiger partial charge in [0.2, 0.25) is 0 Å². The molecule has 3 rings (SSSR count). The van der Waals surface area contributed by atoms with E-state index in [1.807, 2.05) is 13.0 Å². The zero-order chi connectivity index (χ0) is 20.3. The molecule has 144 valence electrons. The predicted molar refractivity (Wildman–Crippen MR) is 113 cm³/mol. The number of nitrogens with one attached hydrogen (secondary N) is 1. The number of carbonyl (C=O) groups is 2. The predicted octanol–water partition coefficient (Wildman–Crippen LogP) is 4.06. The molecule has 2 aromatic rings. The van der Waals surface area contributed by atoms with Crippen molar-refractivity contribution in [3.8, 4) is 5.75 Å². The third kappa shape index (κ3) is 5.07. The minimum absolute atomic E-state index is 0.256. The molecular formula is C19H15Cl2N3O3S. The van der Waals surface area contributed by atoms with E-state index in [9.17, 15) is 9.59 Å². The van der Waals surface area contributed by atoms with Crippen LogP contribution >= 0.6 is 35.0 Å². The number of nitrogens with two attached hydrogens (primary N) is 1. The zero-order valence-corrected chi connectivity index (χ0v) is 17.0. The van der Waals surface area contributed by atoms with Gasteiger partial charge in [0.15, 0.2) is 11.8 Å². The van der Waals surface area contributed by atoms with E-state index in [1.54, 1.807) is 36.4 Å². The van der Waals surface area contributed by atoms with E-state index in [0.29, 0.717) is 37.1 Å². The first kappa shape index (κ1) is 20.3. The Kier molecular flexibility index (Phi) is 6.28. The molecule has 2 amide bonds. The van der Waals surface area contributed by atoms with Gasteiger partial charge in [-0.15, -0.1) is 0 Å². The topological polar surface area (TPSA) is 93.8 Å². The first-order valence-electron chi connectivity index (χ1n) is 8.08. The number of halogens is 2. The van der Waals surface area contributed by atoms with Gasteiger partial charge in [-0.05, 0) is 60.2 Å². The molecule has 1 saturated heterocycles. The third-order valence-electron chi connectivity index (χ3n) is 3.67. The lowest BCUT2D eigenvalue weighted by molar-refractivity contribution is -0.120. The molecule has 0 unspecified atom stereocenters. The Bertz CT molecular complexity index is 1020. The molecule has 1 aliphatic heterocycles. The van der Waals surface area contributed by atoms with Crippen molar-refractivity contribution in [3.05, 3.63) is 62.5 Å². The van der Waals surface area contributed by atoms with Crippen molar-refractivity contribution in [3.63, 3.8) is 0 Å². The Hall–Kier alpha value is -2.48. The Morgan fingerprint density at radius 1 is 1.29 bits per heavy atom. The highest BCUT2D eigenvalue weighted by Crippen LogP contribution is 2.32. The first-order chi connectivity index (χ1) is 13.3. The summed E-state index contributed by atoms with van der Waals surface area (Å²) < 4.78 is 5.21. The smallest absolute Gasteiger partial charge is 0.264 e. The van der Waals surface area contributed by atoms with Crippen LogP contribution in [0.3, 0.4) is 0 Å². The van der Waals surface area contributed by atoms with Crippen LogP contribution in [0, 0.1) is 6.92 Å². The van der Waals surface area contributed by atoms with E-state index in [4.69, 9.17) is 33.7 Å². The summed E-state index contributed by atoms with van der Waals surface area (Å²) in [6, 6.07) is 10.4. The molecular weight excluding hydrogens is 421 g/mol. The summed E-state index contributed by atoms with van der Waals surface area (Å²) in [4.78, 5) is 28.0. The molecule has 3 N–H and O–H groups in total. The molecule has 6 nitrogen and oxygen atoms in total. The summed E-state index contributed by atoms with van der Waals surface area (Å²) in [5, 5.41) is 4.08. The summed E-state index contributed by atoms with van der Waals surface area (Å²) in [5.41, 5.74) is 7.39. The number of aliphatic imine (C=N–C) groups is 1. The molecule has 0 spiro atoms. The fourth-order valence-electron chi connectivity index (χ4n) is 2.32. The number of ether oxygens (including phenoxy) is 1. The SMILES string of the molecule is Cc1ccc(Cl)cc1N=C1NC(=O)C(=Cc2ccc(OCC(N)=O)c(Cl)c2)S1. The zero-order valence-electron chi connectivity index (χ0n) is 14.7. The van der Waals surface area contributed by atoms with Gasteiger partial charge in [0.25, 0.3) is 11.8 Å². The van der Waals surface area contributed by atoms with Crippen LogP contribution in [-0.2, 0) is 9.59 Å². The van der Waals surface area contributed by atoms with Crippen molar-refractivity contribution in [2.45, 2.75) is 6.92 Å². The molecule has 0 radical (unpaired) electrons. The number of nitrogens with zero attached hydrogens (tertiary/aromatic N) is 1. The average molecular weight is 436 g/mol. The minimum atomic E-state index is -0.594. The Labute approximate surface area is 175 Å². The van der Waals surface area contributed by atoms with Gasteiger partial charge in [0.05, 0.1) is 15.6 Å². The largest absolute Gasteiger partial charge is 0.482 e. The van der Waals surface area contributed by atoms with Crippen LogP contribution in [-0.4, -0.2) is 23.6 Å². The van der Waals surface area contributed by atoms with Gasteiger partial charge >= 0.3 is 0 Å². The van der Waals surface area contributed by atoms with Gasteiger partial charge in [-0.25, -0.2) is 4.99 Å². The Morgan fingerprint density at radius 3 is 2.79 bits per heavy atom. The van der Waals surface area contributed by atoms with Gasteiger partial charge in [0.1, 0.15) is 5.75 Å². The van der Waals surface area contributed by atoms with Crippen LogP contribution in [0.5, 0.6) is 5.75 Å². The number of rotatable bonds is 5. The summed E-state index contributed by atoms with van der Waals surface area (Å²) in [7, 11) is 0. The number of carbonyl (C=O) groups excluding carboxylic acids is 2. The maximum absolute atomic E-state index is 12.2. The van der Waals surface area contributed by atoms with Crippen LogP contribution in [0.25, 0.3) is 6.08 Å².